The summed E-state index contributed by atoms with van der Waals surface area (Å²) < 4.78 is 0. The van der Waals surface area contributed by atoms with E-state index in [0.29, 0.717) is 0 Å². The maximum absolute atomic E-state index is 5.95. The maximum atomic E-state index is 5.95. The largest absolute Gasteiger partial charge is 0.323 e. The van der Waals surface area contributed by atoms with Crippen LogP contribution < -0.4 is 5.73 Å². The van der Waals surface area contributed by atoms with Gasteiger partial charge in [-0.3, -0.25) is 0 Å². The molecule has 0 bridgehead atoms. The molecule has 1 aliphatic rings. The first kappa shape index (κ1) is 12.8. The highest BCUT2D eigenvalue weighted by atomic mass is 32.1. The van der Waals surface area contributed by atoms with Gasteiger partial charge in [-0.25, -0.2) is 4.98 Å². The zero-order chi connectivity index (χ0) is 13.3. The second-order valence-corrected chi connectivity index (χ2v) is 6.38. The molecular formula is C16H20N2S. The van der Waals surface area contributed by atoms with Crippen molar-refractivity contribution in [1.29, 1.82) is 0 Å². The van der Waals surface area contributed by atoms with E-state index in [-0.39, 0.29) is 11.5 Å². The number of nitrogens with two attached hydrogens (primary N) is 1. The zero-order valence-corrected chi connectivity index (χ0v) is 12.1. The van der Waals surface area contributed by atoms with Gasteiger partial charge in [0.25, 0.3) is 0 Å². The number of hydrogen-bond acceptors (Lipinski definition) is 3. The molecule has 3 heteroatoms. The monoisotopic (exact) mass is 272 g/mol. The molecule has 2 N–H and O–H groups in total. The molecule has 0 spiro atoms. The maximum Gasteiger partial charge on any atom is 0.103 e. The van der Waals surface area contributed by atoms with Crippen LogP contribution in [0.3, 0.4) is 0 Å². The Kier molecular flexibility index (Phi) is 3.42. The lowest BCUT2D eigenvalue weighted by atomic mass is 9.79. The number of aromatic nitrogens is 1. The molecule has 19 heavy (non-hydrogen) atoms. The van der Waals surface area contributed by atoms with Gasteiger partial charge in [0.05, 0.1) is 5.69 Å². The van der Waals surface area contributed by atoms with E-state index in [2.05, 4.69) is 35.7 Å². The minimum atomic E-state index is 0.0271. The number of rotatable bonds is 3. The molecule has 0 aliphatic heterocycles. The molecule has 2 aromatic rings. The lowest BCUT2D eigenvalue weighted by Gasteiger charge is -2.27. The number of nitrogens with zero attached hydrogens (tertiary/aromatic N) is 1. The highest BCUT2D eigenvalue weighted by molar-refractivity contribution is 7.09. The van der Waals surface area contributed by atoms with Crippen molar-refractivity contribution in [2.75, 3.05) is 0 Å². The van der Waals surface area contributed by atoms with E-state index < -0.39 is 0 Å². The summed E-state index contributed by atoms with van der Waals surface area (Å²) in [5, 5.41) is 3.38. The summed E-state index contributed by atoms with van der Waals surface area (Å²) in [7, 11) is 0. The second-order valence-electron chi connectivity index (χ2n) is 5.52. The summed E-state index contributed by atoms with van der Waals surface area (Å²) in [6.07, 6.45) is 5.01. The van der Waals surface area contributed by atoms with Crippen molar-refractivity contribution in [3.05, 3.63) is 52.0 Å². The van der Waals surface area contributed by atoms with Gasteiger partial charge in [-0.05, 0) is 25.3 Å². The predicted molar refractivity (Wildman–Crippen MR) is 80.4 cm³/mol. The molecule has 3 rings (SSSR count). The van der Waals surface area contributed by atoms with Crippen molar-refractivity contribution in [2.24, 2.45) is 5.73 Å². The van der Waals surface area contributed by atoms with Crippen molar-refractivity contribution < 1.29 is 0 Å². The van der Waals surface area contributed by atoms with E-state index in [1.807, 2.05) is 6.92 Å². The summed E-state index contributed by atoms with van der Waals surface area (Å²) in [5.41, 5.74) is 8.53. The van der Waals surface area contributed by atoms with Gasteiger partial charge < -0.3 is 5.73 Å². The molecule has 1 unspecified atom stereocenters. The lowest BCUT2D eigenvalue weighted by Crippen LogP contribution is -2.23. The fourth-order valence-electron chi connectivity index (χ4n) is 3.08. The fraction of sp³-hybridized carbons (Fsp3) is 0.438. The van der Waals surface area contributed by atoms with E-state index in [4.69, 9.17) is 10.7 Å². The van der Waals surface area contributed by atoms with Crippen molar-refractivity contribution >= 4 is 11.3 Å². The minimum Gasteiger partial charge on any atom is -0.323 e. The first-order valence-corrected chi connectivity index (χ1v) is 7.87. The first-order chi connectivity index (χ1) is 9.22. The van der Waals surface area contributed by atoms with Crippen LogP contribution in [0.5, 0.6) is 0 Å². The third kappa shape index (κ3) is 2.21. The third-order valence-electron chi connectivity index (χ3n) is 4.18. The Labute approximate surface area is 118 Å². The molecule has 1 atom stereocenters. The van der Waals surface area contributed by atoms with Crippen LogP contribution in [0.15, 0.2) is 35.7 Å². The summed E-state index contributed by atoms with van der Waals surface area (Å²) in [4.78, 5) is 4.83. The Morgan fingerprint density at radius 3 is 2.47 bits per heavy atom. The van der Waals surface area contributed by atoms with E-state index in [1.54, 1.807) is 11.3 Å². The SMILES string of the molecule is CC(N)c1csc(C2(c3ccccc3)CCCC2)n1. The molecule has 0 radical (unpaired) electrons. The molecule has 1 saturated carbocycles. The first-order valence-electron chi connectivity index (χ1n) is 6.99. The standard InChI is InChI=1S/C16H20N2S/c1-12(17)14-11-19-15(18-14)16(9-5-6-10-16)13-7-3-2-4-8-13/h2-4,7-8,11-12H,5-6,9-10,17H2,1H3. The van der Waals surface area contributed by atoms with Gasteiger partial charge in [-0.15, -0.1) is 11.3 Å². The minimum absolute atomic E-state index is 0.0271. The van der Waals surface area contributed by atoms with Crippen molar-refractivity contribution in [1.82, 2.24) is 4.98 Å². The molecule has 1 aromatic carbocycles. The van der Waals surface area contributed by atoms with E-state index >= 15 is 0 Å². The van der Waals surface area contributed by atoms with Gasteiger partial charge in [-0.2, -0.15) is 0 Å². The summed E-state index contributed by atoms with van der Waals surface area (Å²) in [6, 6.07) is 10.9. The summed E-state index contributed by atoms with van der Waals surface area (Å²) >= 11 is 1.78. The van der Waals surface area contributed by atoms with Gasteiger partial charge >= 0.3 is 0 Å². The van der Waals surface area contributed by atoms with Crippen LogP contribution in [-0.4, -0.2) is 4.98 Å². The molecular weight excluding hydrogens is 252 g/mol. The Bertz CT molecular complexity index is 539. The van der Waals surface area contributed by atoms with Crippen LogP contribution in [0.25, 0.3) is 0 Å². The zero-order valence-electron chi connectivity index (χ0n) is 11.3. The van der Waals surface area contributed by atoms with Gasteiger partial charge in [0, 0.05) is 16.8 Å². The topological polar surface area (TPSA) is 38.9 Å². The summed E-state index contributed by atoms with van der Waals surface area (Å²) in [5.74, 6) is 0. The van der Waals surface area contributed by atoms with Crippen molar-refractivity contribution in [3.63, 3.8) is 0 Å². The van der Waals surface area contributed by atoms with Crippen molar-refractivity contribution in [2.45, 2.75) is 44.1 Å². The molecule has 2 nitrogen and oxygen atoms in total. The van der Waals surface area contributed by atoms with Gasteiger partial charge in [0.15, 0.2) is 0 Å². The van der Waals surface area contributed by atoms with Crippen LogP contribution in [0, 0.1) is 0 Å². The van der Waals surface area contributed by atoms with Gasteiger partial charge in [-0.1, -0.05) is 43.2 Å². The molecule has 0 saturated heterocycles. The average molecular weight is 272 g/mol. The predicted octanol–water partition coefficient (Wildman–Crippen LogP) is 4.02. The Hall–Kier alpha value is -1.19. The average Bonchev–Trinajstić information content (AvgIpc) is 3.09. The Balaban J connectivity index is 2.05. The molecule has 100 valence electrons. The molecule has 1 heterocycles. The lowest BCUT2D eigenvalue weighted by molar-refractivity contribution is 0.528. The Morgan fingerprint density at radius 2 is 1.89 bits per heavy atom. The van der Waals surface area contributed by atoms with Crippen LogP contribution in [-0.2, 0) is 5.41 Å². The van der Waals surface area contributed by atoms with Crippen LogP contribution in [0.4, 0.5) is 0 Å². The molecule has 1 fully saturated rings. The quantitative estimate of drug-likeness (QED) is 0.916. The number of benzene rings is 1. The van der Waals surface area contributed by atoms with Gasteiger partial charge in [0.2, 0.25) is 0 Å². The van der Waals surface area contributed by atoms with Crippen LogP contribution >= 0.6 is 11.3 Å². The number of hydrogen-bond donors (Lipinski definition) is 1. The molecule has 1 aliphatic carbocycles. The highest BCUT2D eigenvalue weighted by Crippen LogP contribution is 2.47. The molecule has 0 amide bonds. The normalized spacial score (nSPS) is 19.5. The van der Waals surface area contributed by atoms with Crippen LogP contribution in [0.2, 0.25) is 0 Å². The number of thiazole rings is 1. The second kappa shape index (κ2) is 5.06. The molecule has 1 aromatic heterocycles. The van der Waals surface area contributed by atoms with Crippen LogP contribution in [0.1, 0.15) is 54.9 Å². The fourth-order valence-corrected chi connectivity index (χ4v) is 4.28. The van der Waals surface area contributed by atoms with Gasteiger partial charge in [0.1, 0.15) is 5.01 Å². The third-order valence-corrected chi connectivity index (χ3v) is 5.25. The Morgan fingerprint density at radius 1 is 1.21 bits per heavy atom. The smallest absolute Gasteiger partial charge is 0.103 e. The van der Waals surface area contributed by atoms with E-state index in [9.17, 15) is 0 Å². The van der Waals surface area contributed by atoms with E-state index in [0.717, 1.165) is 5.69 Å². The van der Waals surface area contributed by atoms with E-state index in [1.165, 1.54) is 36.3 Å². The van der Waals surface area contributed by atoms with Crippen molar-refractivity contribution in [3.8, 4) is 0 Å². The summed E-state index contributed by atoms with van der Waals surface area (Å²) in [6.45, 7) is 2.00. The highest BCUT2D eigenvalue weighted by Gasteiger charge is 2.39.